The summed E-state index contributed by atoms with van der Waals surface area (Å²) in [5, 5.41) is 20.1. The number of carbonyl (C=O) groups excluding carboxylic acids is 1. The lowest BCUT2D eigenvalue weighted by atomic mass is 10.1. The Kier molecular flexibility index (Phi) is 5.48. The van der Waals surface area contributed by atoms with Crippen molar-refractivity contribution in [2.24, 2.45) is 5.73 Å². The van der Waals surface area contributed by atoms with Gasteiger partial charge in [0.1, 0.15) is 0 Å². The van der Waals surface area contributed by atoms with Crippen LogP contribution in [0, 0.1) is 0 Å². The molecule has 5 N–H and O–H groups in total. The van der Waals surface area contributed by atoms with Crippen LogP contribution in [-0.4, -0.2) is 34.1 Å². The Morgan fingerprint density at radius 2 is 1.95 bits per heavy atom. The summed E-state index contributed by atoms with van der Waals surface area (Å²) in [5.41, 5.74) is 5.41. The van der Waals surface area contributed by atoms with Crippen molar-refractivity contribution < 1.29 is 24.6 Å². The number of benzene rings is 1. The fourth-order valence-corrected chi connectivity index (χ4v) is 1.61. The SMILES string of the molecule is NC(CCC(=O)O)C(=O)Nc1cc(Cl)ccc1C(=O)O. The molecule has 0 bridgehead atoms. The lowest BCUT2D eigenvalue weighted by Crippen LogP contribution is -2.36. The molecular weight excluding hydrogens is 288 g/mol. The summed E-state index contributed by atoms with van der Waals surface area (Å²) in [6.07, 6.45) is -0.305. The van der Waals surface area contributed by atoms with Gasteiger partial charge in [-0.2, -0.15) is 0 Å². The molecular formula is C12H13ClN2O5. The highest BCUT2D eigenvalue weighted by Crippen LogP contribution is 2.21. The van der Waals surface area contributed by atoms with Crippen LogP contribution in [0.4, 0.5) is 5.69 Å². The number of carbonyl (C=O) groups is 3. The Balaban J connectivity index is 2.81. The third-order valence-corrected chi connectivity index (χ3v) is 2.71. The zero-order valence-electron chi connectivity index (χ0n) is 10.3. The third-order valence-electron chi connectivity index (χ3n) is 2.48. The molecule has 0 aromatic heterocycles. The molecule has 0 aliphatic carbocycles. The van der Waals surface area contributed by atoms with Crippen molar-refractivity contribution in [3.8, 4) is 0 Å². The van der Waals surface area contributed by atoms with Gasteiger partial charge in [0.25, 0.3) is 0 Å². The van der Waals surface area contributed by atoms with Crippen LogP contribution in [0.15, 0.2) is 18.2 Å². The third kappa shape index (κ3) is 4.52. The first-order chi connectivity index (χ1) is 9.31. The fraction of sp³-hybridized carbons (Fsp3) is 0.250. The largest absolute Gasteiger partial charge is 0.481 e. The van der Waals surface area contributed by atoms with E-state index in [2.05, 4.69) is 5.32 Å². The van der Waals surface area contributed by atoms with E-state index in [9.17, 15) is 14.4 Å². The molecule has 1 unspecified atom stereocenters. The molecule has 0 fully saturated rings. The molecule has 0 aliphatic heterocycles. The summed E-state index contributed by atoms with van der Waals surface area (Å²) in [4.78, 5) is 33.1. The van der Waals surface area contributed by atoms with E-state index < -0.39 is 23.9 Å². The number of carboxylic acid groups (broad SMARTS) is 2. The van der Waals surface area contributed by atoms with Gasteiger partial charge in [0, 0.05) is 11.4 Å². The monoisotopic (exact) mass is 300 g/mol. The molecule has 0 heterocycles. The number of carboxylic acids is 2. The average Bonchev–Trinajstić information content (AvgIpc) is 2.35. The maximum absolute atomic E-state index is 11.7. The Morgan fingerprint density at radius 1 is 1.30 bits per heavy atom. The second kappa shape index (κ2) is 6.88. The second-order valence-corrected chi connectivity index (χ2v) is 4.46. The number of aliphatic carboxylic acids is 1. The van der Waals surface area contributed by atoms with Crippen LogP contribution in [0.2, 0.25) is 5.02 Å². The van der Waals surface area contributed by atoms with Crippen molar-refractivity contribution in [3.63, 3.8) is 0 Å². The highest BCUT2D eigenvalue weighted by atomic mass is 35.5. The second-order valence-electron chi connectivity index (χ2n) is 4.02. The number of rotatable bonds is 6. The van der Waals surface area contributed by atoms with Crippen LogP contribution in [-0.2, 0) is 9.59 Å². The van der Waals surface area contributed by atoms with E-state index in [1.807, 2.05) is 0 Å². The van der Waals surface area contributed by atoms with Crippen molar-refractivity contribution >= 4 is 35.1 Å². The fourth-order valence-electron chi connectivity index (χ4n) is 1.44. The molecule has 1 aromatic carbocycles. The molecule has 0 spiro atoms. The number of hydrogen-bond acceptors (Lipinski definition) is 4. The van der Waals surface area contributed by atoms with Gasteiger partial charge in [-0.15, -0.1) is 0 Å². The van der Waals surface area contributed by atoms with E-state index in [0.29, 0.717) is 0 Å². The summed E-state index contributed by atoms with van der Waals surface area (Å²) >= 11 is 5.73. The zero-order chi connectivity index (χ0) is 15.3. The molecule has 20 heavy (non-hydrogen) atoms. The molecule has 1 aromatic rings. The summed E-state index contributed by atoms with van der Waals surface area (Å²) in [6.45, 7) is 0. The van der Waals surface area contributed by atoms with Crippen molar-refractivity contribution in [2.45, 2.75) is 18.9 Å². The van der Waals surface area contributed by atoms with Crippen LogP contribution in [0.3, 0.4) is 0 Å². The van der Waals surface area contributed by atoms with E-state index in [-0.39, 0.29) is 29.1 Å². The predicted molar refractivity (Wildman–Crippen MR) is 71.9 cm³/mol. The Morgan fingerprint density at radius 3 is 2.50 bits per heavy atom. The van der Waals surface area contributed by atoms with Crippen molar-refractivity contribution in [3.05, 3.63) is 28.8 Å². The van der Waals surface area contributed by atoms with E-state index >= 15 is 0 Å². The number of anilines is 1. The van der Waals surface area contributed by atoms with Gasteiger partial charge >= 0.3 is 11.9 Å². The molecule has 1 amide bonds. The molecule has 0 radical (unpaired) electrons. The molecule has 8 heteroatoms. The Hall–Kier alpha value is -2.12. The summed E-state index contributed by atoms with van der Waals surface area (Å²) in [5.74, 6) is -2.96. The minimum absolute atomic E-state index is 0.0146. The first-order valence-corrected chi connectivity index (χ1v) is 6.00. The van der Waals surface area contributed by atoms with E-state index in [1.165, 1.54) is 18.2 Å². The van der Waals surface area contributed by atoms with Gasteiger partial charge in [-0.1, -0.05) is 11.6 Å². The topological polar surface area (TPSA) is 130 Å². The highest BCUT2D eigenvalue weighted by molar-refractivity contribution is 6.31. The Bertz CT molecular complexity index is 547. The van der Waals surface area contributed by atoms with E-state index in [0.717, 1.165) is 0 Å². The van der Waals surface area contributed by atoms with Crippen molar-refractivity contribution in [1.29, 1.82) is 0 Å². The van der Waals surface area contributed by atoms with Crippen molar-refractivity contribution in [1.82, 2.24) is 0 Å². The quantitative estimate of drug-likeness (QED) is 0.624. The maximum atomic E-state index is 11.7. The number of nitrogens with two attached hydrogens (primary N) is 1. The molecule has 1 atom stereocenters. The molecule has 0 saturated carbocycles. The first kappa shape index (κ1) is 15.9. The number of halogens is 1. The van der Waals surface area contributed by atoms with Crippen LogP contribution in [0.1, 0.15) is 23.2 Å². The summed E-state index contributed by atoms with van der Waals surface area (Å²) < 4.78 is 0. The van der Waals surface area contributed by atoms with Crippen molar-refractivity contribution in [2.75, 3.05) is 5.32 Å². The van der Waals surface area contributed by atoms with Crippen LogP contribution in [0.5, 0.6) is 0 Å². The molecule has 0 saturated heterocycles. The smallest absolute Gasteiger partial charge is 0.337 e. The molecule has 0 aliphatic rings. The van der Waals surface area contributed by atoms with Gasteiger partial charge in [0.05, 0.1) is 17.3 Å². The number of nitrogens with one attached hydrogen (secondary N) is 1. The van der Waals surface area contributed by atoms with Gasteiger partial charge in [-0.25, -0.2) is 4.79 Å². The molecule has 1 rings (SSSR count). The Labute approximate surface area is 119 Å². The number of amides is 1. The van der Waals surface area contributed by atoms with Crippen LogP contribution in [0.25, 0.3) is 0 Å². The highest BCUT2D eigenvalue weighted by Gasteiger charge is 2.18. The van der Waals surface area contributed by atoms with E-state index in [4.69, 9.17) is 27.5 Å². The molecule has 108 valence electrons. The first-order valence-electron chi connectivity index (χ1n) is 5.62. The lowest BCUT2D eigenvalue weighted by Gasteiger charge is -2.13. The molecule has 7 nitrogen and oxygen atoms in total. The maximum Gasteiger partial charge on any atom is 0.337 e. The van der Waals surface area contributed by atoms with Crippen LogP contribution >= 0.6 is 11.6 Å². The standard InChI is InChI=1S/C12H13ClN2O5/c13-6-1-2-7(12(19)20)9(5-6)15-11(18)8(14)3-4-10(16)17/h1-2,5,8H,3-4,14H2,(H,15,18)(H,16,17)(H,19,20). The van der Waals surface area contributed by atoms with E-state index in [1.54, 1.807) is 0 Å². The summed E-state index contributed by atoms with van der Waals surface area (Å²) in [6, 6.07) is 2.87. The number of hydrogen-bond donors (Lipinski definition) is 4. The van der Waals surface area contributed by atoms with Gasteiger partial charge in [-0.3, -0.25) is 9.59 Å². The predicted octanol–water partition coefficient (Wildman–Crippen LogP) is 1.17. The minimum atomic E-state index is -1.23. The number of aromatic carboxylic acids is 1. The van der Waals surface area contributed by atoms with Crippen LogP contribution < -0.4 is 11.1 Å². The van der Waals surface area contributed by atoms with Gasteiger partial charge < -0.3 is 21.3 Å². The average molecular weight is 301 g/mol. The summed E-state index contributed by atoms with van der Waals surface area (Å²) in [7, 11) is 0. The zero-order valence-corrected chi connectivity index (χ0v) is 11.1. The van der Waals surface area contributed by atoms with Gasteiger partial charge in [-0.05, 0) is 24.6 Å². The lowest BCUT2D eigenvalue weighted by molar-refractivity contribution is -0.137. The van der Waals surface area contributed by atoms with Gasteiger partial charge in [0.15, 0.2) is 0 Å². The minimum Gasteiger partial charge on any atom is -0.481 e. The van der Waals surface area contributed by atoms with Gasteiger partial charge in [0.2, 0.25) is 5.91 Å². The normalized spacial score (nSPS) is 11.7.